The fourth-order valence-corrected chi connectivity index (χ4v) is 5.31. The summed E-state index contributed by atoms with van der Waals surface area (Å²) in [6.45, 7) is 1.72. The van der Waals surface area contributed by atoms with E-state index in [-0.39, 0.29) is 18.3 Å². The van der Waals surface area contributed by atoms with E-state index in [1.165, 1.54) is 12.1 Å². The lowest BCUT2D eigenvalue weighted by Crippen LogP contribution is -2.21. The smallest absolute Gasteiger partial charge is 0.262 e. The molecule has 1 heterocycles. The molecule has 1 amide bonds. The third-order valence-electron chi connectivity index (χ3n) is 3.63. The second-order valence-corrected chi connectivity index (χ2v) is 8.13. The largest absolute Gasteiger partial charge is 0.483 e. The van der Waals surface area contributed by atoms with E-state index in [4.69, 9.17) is 4.74 Å². The summed E-state index contributed by atoms with van der Waals surface area (Å²) in [6, 6.07) is 12.1. The van der Waals surface area contributed by atoms with Crippen LogP contribution >= 0.6 is 23.5 Å². The van der Waals surface area contributed by atoms with Crippen LogP contribution in [0.4, 0.5) is 10.1 Å². The Morgan fingerprint density at radius 3 is 2.79 bits per heavy atom. The highest BCUT2D eigenvalue weighted by atomic mass is 32.2. The zero-order valence-corrected chi connectivity index (χ0v) is 14.9. The molecule has 0 radical (unpaired) electrons. The number of para-hydroxylation sites is 1. The molecule has 0 aromatic heterocycles. The highest BCUT2D eigenvalue weighted by molar-refractivity contribution is 8.19. The quantitative estimate of drug-likeness (QED) is 0.840. The number of rotatable bonds is 5. The minimum Gasteiger partial charge on any atom is -0.483 e. The van der Waals surface area contributed by atoms with Gasteiger partial charge < -0.3 is 10.1 Å². The van der Waals surface area contributed by atoms with E-state index in [1.54, 1.807) is 6.07 Å². The molecule has 6 heteroatoms. The normalized spacial score (nSPS) is 14.6. The molecule has 1 aliphatic rings. The number of aryl methyl sites for hydroxylation is 1. The van der Waals surface area contributed by atoms with E-state index < -0.39 is 0 Å². The van der Waals surface area contributed by atoms with Gasteiger partial charge in [0.1, 0.15) is 11.6 Å². The summed E-state index contributed by atoms with van der Waals surface area (Å²) in [6.07, 6.45) is 0. The number of halogens is 1. The van der Waals surface area contributed by atoms with Gasteiger partial charge in [-0.15, -0.1) is 23.5 Å². The van der Waals surface area contributed by atoms with Gasteiger partial charge in [-0.2, -0.15) is 0 Å². The maximum atomic E-state index is 13.3. The second-order valence-electron chi connectivity index (χ2n) is 5.41. The van der Waals surface area contributed by atoms with Crippen molar-refractivity contribution in [2.45, 2.75) is 11.5 Å². The SMILES string of the molecule is Cc1ccc(F)cc1NC(=O)COc1ccccc1C1SCCS1. The fraction of sp³-hybridized carbons (Fsp3) is 0.278. The Morgan fingerprint density at radius 2 is 2.00 bits per heavy atom. The van der Waals surface area contributed by atoms with E-state index in [1.807, 2.05) is 54.7 Å². The van der Waals surface area contributed by atoms with Crippen molar-refractivity contribution in [2.24, 2.45) is 0 Å². The Hall–Kier alpha value is -1.66. The van der Waals surface area contributed by atoms with Crippen molar-refractivity contribution in [3.8, 4) is 5.75 Å². The number of hydrogen-bond acceptors (Lipinski definition) is 4. The monoisotopic (exact) mass is 363 g/mol. The first-order chi connectivity index (χ1) is 11.6. The molecule has 2 aromatic carbocycles. The first kappa shape index (κ1) is 17.2. The number of benzene rings is 2. The second kappa shape index (κ2) is 7.94. The third-order valence-corrected chi connectivity index (χ3v) is 6.70. The van der Waals surface area contributed by atoms with Crippen LogP contribution in [-0.4, -0.2) is 24.0 Å². The van der Waals surface area contributed by atoms with Gasteiger partial charge in [-0.25, -0.2) is 4.39 Å². The van der Waals surface area contributed by atoms with Crippen LogP contribution < -0.4 is 10.1 Å². The maximum absolute atomic E-state index is 13.3. The van der Waals surface area contributed by atoms with Crippen molar-refractivity contribution in [3.63, 3.8) is 0 Å². The van der Waals surface area contributed by atoms with Crippen LogP contribution in [0.5, 0.6) is 5.75 Å². The number of hydrogen-bond donors (Lipinski definition) is 1. The Kier molecular flexibility index (Phi) is 5.68. The Bertz CT molecular complexity index is 733. The average molecular weight is 363 g/mol. The van der Waals surface area contributed by atoms with Crippen LogP contribution in [0.3, 0.4) is 0 Å². The van der Waals surface area contributed by atoms with Gasteiger partial charge in [0, 0.05) is 22.8 Å². The first-order valence-electron chi connectivity index (χ1n) is 7.64. The molecule has 0 saturated carbocycles. The summed E-state index contributed by atoms with van der Waals surface area (Å²) in [5, 5.41) is 2.70. The highest BCUT2D eigenvalue weighted by Gasteiger charge is 2.21. The van der Waals surface area contributed by atoms with Crippen molar-refractivity contribution in [1.82, 2.24) is 0 Å². The van der Waals surface area contributed by atoms with Crippen molar-refractivity contribution in [3.05, 3.63) is 59.4 Å². The van der Waals surface area contributed by atoms with Crippen molar-refractivity contribution in [1.29, 1.82) is 0 Å². The Labute approximate surface area is 149 Å². The predicted octanol–water partition coefficient (Wildman–Crippen LogP) is 4.63. The molecule has 1 fully saturated rings. The zero-order chi connectivity index (χ0) is 16.9. The van der Waals surface area contributed by atoms with Gasteiger partial charge in [-0.3, -0.25) is 4.79 Å². The van der Waals surface area contributed by atoms with Gasteiger partial charge in [0.2, 0.25) is 0 Å². The minimum absolute atomic E-state index is 0.102. The first-order valence-corrected chi connectivity index (χ1v) is 9.74. The number of thioether (sulfide) groups is 2. The van der Waals surface area contributed by atoms with Crippen LogP contribution in [0.2, 0.25) is 0 Å². The molecule has 3 rings (SSSR count). The van der Waals surface area contributed by atoms with Gasteiger partial charge in [0.15, 0.2) is 6.61 Å². The number of nitrogens with one attached hydrogen (secondary N) is 1. The molecular formula is C18H18FNO2S2. The summed E-state index contributed by atoms with van der Waals surface area (Å²) in [7, 11) is 0. The molecule has 1 aliphatic heterocycles. The lowest BCUT2D eigenvalue weighted by Gasteiger charge is -2.15. The molecule has 0 unspecified atom stereocenters. The third kappa shape index (κ3) is 4.24. The van der Waals surface area contributed by atoms with Crippen LogP contribution in [0.25, 0.3) is 0 Å². The molecule has 2 aromatic rings. The summed E-state index contributed by atoms with van der Waals surface area (Å²) in [5.41, 5.74) is 2.39. The lowest BCUT2D eigenvalue weighted by atomic mass is 10.2. The summed E-state index contributed by atoms with van der Waals surface area (Å²) in [5.74, 6) is 2.31. The zero-order valence-electron chi connectivity index (χ0n) is 13.3. The summed E-state index contributed by atoms with van der Waals surface area (Å²) >= 11 is 3.78. The maximum Gasteiger partial charge on any atom is 0.262 e. The fourth-order valence-electron chi connectivity index (χ4n) is 2.40. The van der Waals surface area contributed by atoms with Gasteiger partial charge in [-0.05, 0) is 30.7 Å². The van der Waals surface area contributed by atoms with Crippen molar-refractivity contribution in [2.75, 3.05) is 23.4 Å². The van der Waals surface area contributed by atoms with Gasteiger partial charge in [0.25, 0.3) is 5.91 Å². The van der Waals surface area contributed by atoms with Crippen LogP contribution in [0.1, 0.15) is 15.7 Å². The molecule has 0 aliphatic carbocycles. The molecule has 1 N–H and O–H groups in total. The molecule has 3 nitrogen and oxygen atoms in total. The average Bonchev–Trinajstić information content (AvgIpc) is 3.11. The van der Waals surface area contributed by atoms with Gasteiger partial charge in [-0.1, -0.05) is 24.3 Å². The van der Waals surface area contributed by atoms with E-state index in [0.717, 1.165) is 28.4 Å². The Morgan fingerprint density at radius 1 is 1.25 bits per heavy atom. The Balaban J connectivity index is 1.63. The van der Waals surface area contributed by atoms with E-state index in [2.05, 4.69) is 5.32 Å². The number of ether oxygens (including phenoxy) is 1. The van der Waals surface area contributed by atoms with Crippen LogP contribution in [0.15, 0.2) is 42.5 Å². The molecule has 0 spiro atoms. The number of carbonyl (C=O) groups excluding carboxylic acids is 1. The lowest BCUT2D eigenvalue weighted by molar-refractivity contribution is -0.118. The predicted molar refractivity (Wildman–Crippen MR) is 99.4 cm³/mol. The molecule has 0 bridgehead atoms. The molecule has 24 heavy (non-hydrogen) atoms. The van der Waals surface area contributed by atoms with Crippen molar-refractivity contribution < 1.29 is 13.9 Å². The molecule has 1 saturated heterocycles. The summed E-state index contributed by atoms with van der Waals surface area (Å²) < 4.78 is 19.4. The molecule has 126 valence electrons. The van der Waals surface area contributed by atoms with E-state index in [9.17, 15) is 9.18 Å². The molecular weight excluding hydrogens is 345 g/mol. The van der Waals surface area contributed by atoms with Gasteiger partial charge >= 0.3 is 0 Å². The van der Waals surface area contributed by atoms with E-state index >= 15 is 0 Å². The number of amides is 1. The highest BCUT2D eigenvalue weighted by Crippen LogP contribution is 2.48. The number of carbonyl (C=O) groups is 1. The van der Waals surface area contributed by atoms with Crippen LogP contribution in [0, 0.1) is 12.7 Å². The minimum atomic E-state index is -0.377. The van der Waals surface area contributed by atoms with Crippen molar-refractivity contribution >= 4 is 35.1 Å². The molecule has 0 atom stereocenters. The summed E-state index contributed by atoms with van der Waals surface area (Å²) in [4.78, 5) is 12.1. The van der Waals surface area contributed by atoms with Crippen LogP contribution in [-0.2, 0) is 4.79 Å². The van der Waals surface area contributed by atoms with Gasteiger partial charge in [0.05, 0.1) is 4.58 Å². The number of anilines is 1. The standard InChI is InChI=1S/C18H18FNO2S2/c1-12-6-7-13(19)10-15(12)20-17(21)11-22-16-5-3-2-4-14(16)18-23-8-9-24-18/h2-7,10,18H,8-9,11H2,1H3,(H,20,21). The topological polar surface area (TPSA) is 38.3 Å². The van der Waals surface area contributed by atoms with E-state index in [0.29, 0.717) is 10.3 Å².